The van der Waals surface area contributed by atoms with Crippen molar-refractivity contribution in [3.63, 3.8) is 0 Å². The second-order valence-electron chi connectivity index (χ2n) is 3.63. The molecule has 0 bridgehead atoms. The summed E-state index contributed by atoms with van der Waals surface area (Å²) in [5.41, 5.74) is 6.50. The number of aromatic hydroxyl groups is 1. The van der Waals surface area contributed by atoms with E-state index in [2.05, 4.69) is 0 Å². The zero-order valence-corrected chi connectivity index (χ0v) is 12.3. The van der Waals surface area contributed by atoms with Gasteiger partial charge in [-0.1, -0.05) is 23.9 Å². The third kappa shape index (κ3) is 3.65. The van der Waals surface area contributed by atoms with Crippen LogP contribution in [-0.4, -0.2) is 16.2 Å². The van der Waals surface area contributed by atoms with E-state index >= 15 is 0 Å². The van der Waals surface area contributed by atoms with Crippen LogP contribution in [0.25, 0.3) is 0 Å². The number of nitrogen functional groups attached to an aromatic ring is 1. The van der Waals surface area contributed by atoms with Gasteiger partial charge >= 0.3 is 5.97 Å². The van der Waals surface area contributed by atoms with E-state index in [4.69, 9.17) is 10.8 Å². The molecule has 100 valence electrons. The molecule has 0 aromatic heterocycles. The maximum Gasteiger partial charge on any atom is 0.336 e. The van der Waals surface area contributed by atoms with Crippen LogP contribution in [0.1, 0.15) is 10.4 Å². The zero-order valence-electron chi connectivity index (χ0n) is 9.74. The van der Waals surface area contributed by atoms with E-state index in [1.807, 2.05) is 0 Å². The summed E-state index contributed by atoms with van der Waals surface area (Å²) in [7, 11) is 0. The first-order valence-electron chi connectivity index (χ1n) is 5.16. The third-order valence-corrected chi connectivity index (χ3v) is 3.48. The second kappa shape index (κ2) is 6.49. The molecule has 0 spiro atoms. The van der Waals surface area contributed by atoms with Crippen LogP contribution in [0.4, 0.5) is 5.69 Å². The second-order valence-corrected chi connectivity index (χ2v) is 4.71. The molecule has 2 rings (SSSR count). The molecule has 2 aromatic carbocycles. The lowest BCUT2D eigenvalue weighted by atomic mass is 10.2. The van der Waals surface area contributed by atoms with E-state index in [9.17, 15) is 9.90 Å². The van der Waals surface area contributed by atoms with Crippen molar-refractivity contribution in [3.8, 4) is 5.75 Å². The van der Waals surface area contributed by atoms with E-state index in [1.165, 1.54) is 30.0 Å². The third-order valence-electron chi connectivity index (χ3n) is 2.33. The van der Waals surface area contributed by atoms with Gasteiger partial charge in [-0.3, -0.25) is 0 Å². The quantitative estimate of drug-likeness (QED) is 0.588. The highest BCUT2D eigenvalue weighted by atomic mass is 79.9. The highest BCUT2D eigenvalue weighted by Crippen LogP contribution is 2.35. The summed E-state index contributed by atoms with van der Waals surface area (Å²) in [4.78, 5) is 12.3. The molecule has 0 amide bonds. The molecular weight excluding hydrogens is 330 g/mol. The number of hydrogen-bond acceptors (Lipinski definition) is 4. The minimum atomic E-state index is -0.989. The maximum atomic E-state index is 11.1. The van der Waals surface area contributed by atoms with Crippen molar-refractivity contribution in [2.24, 2.45) is 0 Å². The molecule has 2 aromatic rings. The summed E-state index contributed by atoms with van der Waals surface area (Å²) in [5, 5.41) is 18.5. The number of carboxylic acid groups (broad SMARTS) is 1. The molecule has 4 N–H and O–H groups in total. The number of aromatic carboxylic acids is 1. The Kier molecular flexibility index (Phi) is 5.26. The molecule has 0 saturated heterocycles. The van der Waals surface area contributed by atoms with Crippen molar-refractivity contribution in [3.05, 3.63) is 48.0 Å². The molecule has 0 aliphatic carbocycles. The van der Waals surface area contributed by atoms with Crippen LogP contribution in [0.5, 0.6) is 5.75 Å². The van der Waals surface area contributed by atoms with Gasteiger partial charge in [0.25, 0.3) is 0 Å². The standard InChI is InChI=1S/C13H11NO3S.BrH/c14-10-6-5-8(15)7-12(10)18-11-4-2-1-3-9(11)13(16)17;/h1-7,15H,14H2,(H,16,17);1H. The normalized spacial score (nSPS) is 9.68. The number of hydrogen-bond donors (Lipinski definition) is 3. The van der Waals surface area contributed by atoms with Crippen molar-refractivity contribution >= 4 is 40.4 Å². The summed E-state index contributed by atoms with van der Waals surface area (Å²) in [6.07, 6.45) is 0. The summed E-state index contributed by atoms with van der Waals surface area (Å²) < 4.78 is 0. The number of phenols is 1. The van der Waals surface area contributed by atoms with Gasteiger partial charge in [-0.2, -0.15) is 0 Å². The van der Waals surface area contributed by atoms with Gasteiger partial charge in [-0.25, -0.2) is 4.79 Å². The van der Waals surface area contributed by atoms with Crippen LogP contribution in [0.3, 0.4) is 0 Å². The van der Waals surface area contributed by atoms with Gasteiger partial charge < -0.3 is 15.9 Å². The highest BCUT2D eigenvalue weighted by molar-refractivity contribution is 8.93. The van der Waals surface area contributed by atoms with Crippen LogP contribution < -0.4 is 5.73 Å². The number of phenolic OH excluding ortho intramolecular Hbond substituents is 1. The van der Waals surface area contributed by atoms with E-state index < -0.39 is 5.97 Å². The molecule has 19 heavy (non-hydrogen) atoms. The topological polar surface area (TPSA) is 83.5 Å². The number of halogens is 1. The smallest absolute Gasteiger partial charge is 0.336 e. The average molecular weight is 342 g/mol. The predicted octanol–water partition coefficient (Wildman–Crippen LogP) is 3.40. The Morgan fingerprint density at radius 1 is 1.11 bits per heavy atom. The fourth-order valence-electron chi connectivity index (χ4n) is 1.46. The largest absolute Gasteiger partial charge is 0.508 e. The molecule has 0 aliphatic heterocycles. The molecular formula is C13H12BrNO3S. The summed E-state index contributed by atoms with van der Waals surface area (Å²) >= 11 is 1.22. The van der Waals surface area contributed by atoms with E-state index in [0.717, 1.165) is 0 Å². The summed E-state index contributed by atoms with van der Waals surface area (Å²) in [6.45, 7) is 0. The molecule has 4 nitrogen and oxygen atoms in total. The lowest BCUT2D eigenvalue weighted by molar-refractivity contribution is 0.0693. The van der Waals surface area contributed by atoms with Crippen LogP contribution in [0.2, 0.25) is 0 Å². The Labute approximate surface area is 125 Å². The van der Waals surface area contributed by atoms with Crippen molar-refractivity contribution < 1.29 is 15.0 Å². The maximum absolute atomic E-state index is 11.1. The molecule has 0 aliphatic rings. The Hall–Kier alpha value is -1.66. The Balaban J connectivity index is 0.00000180. The first kappa shape index (κ1) is 15.4. The minimum Gasteiger partial charge on any atom is -0.508 e. The van der Waals surface area contributed by atoms with Gasteiger partial charge in [0.1, 0.15) is 5.75 Å². The average Bonchev–Trinajstić information content (AvgIpc) is 2.34. The van der Waals surface area contributed by atoms with Gasteiger partial charge in [0.15, 0.2) is 0 Å². The van der Waals surface area contributed by atoms with Crippen molar-refractivity contribution in [2.75, 3.05) is 5.73 Å². The van der Waals surface area contributed by atoms with Crippen LogP contribution in [0, 0.1) is 0 Å². The van der Waals surface area contributed by atoms with Crippen molar-refractivity contribution in [2.45, 2.75) is 9.79 Å². The van der Waals surface area contributed by atoms with Crippen molar-refractivity contribution in [1.29, 1.82) is 0 Å². The Morgan fingerprint density at radius 2 is 1.79 bits per heavy atom. The minimum absolute atomic E-state index is 0. The van der Waals surface area contributed by atoms with Gasteiger partial charge in [-0.15, -0.1) is 17.0 Å². The highest BCUT2D eigenvalue weighted by Gasteiger charge is 2.11. The molecule has 0 saturated carbocycles. The lowest BCUT2D eigenvalue weighted by Crippen LogP contribution is -1.98. The van der Waals surface area contributed by atoms with E-state index in [1.54, 1.807) is 24.3 Å². The Morgan fingerprint density at radius 3 is 2.47 bits per heavy atom. The molecule has 0 radical (unpaired) electrons. The first-order valence-corrected chi connectivity index (χ1v) is 5.98. The molecule has 0 heterocycles. The van der Waals surface area contributed by atoms with Crippen LogP contribution in [-0.2, 0) is 0 Å². The van der Waals surface area contributed by atoms with Gasteiger partial charge in [0.05, 0.1) is 5.56 Å². The molecule has 0 atom stereocenters. The number of anilines is 1. The SMILES string of the molecule is Br.Nc1ccc(O)cc1Sc1ccccc1C(=O)O. The zero-order chi connectivity index (χ0) is 13.1. The monoisotopic (exact) mass is 341 g/mol. The lowest BCUT2D eigenvalue weighted by Gasteiger charge is -2.08. The fraction of sp³-hybridized carbons (Fsp3) is 0. The fourth-order valence-corrected chi connectivity index (χ4v) is 2.48. The van der Waals surface area contributed by atoms with Crippen LogP contribution in [0.15, 0.2) is 52.3 Å². The predicted molar refractivity (Wildman–Crippen MR) is 80.4 cm³/mol. The molecule has 0 unspecified atom stereocenters. The molecule has 6 heteroatoms. The van der Waals surface area contributed by atoms with E-state index in [0.29, 0.717) is 15.5 Å². The van der Waals surface area contributed by atoms with Gasteiger partial charge in [-0.05, 0) is 30.3 Å². The number of carbonyl (C=O) groups is 1. The first-order chi connectivity index (χ1) is 8.58. The Bertz CT molecular complexity index is 604. The number of benzene rings is 2. The number of carboxylic acids is 1. The van der Waals surface area contributed by atoms with Gasteiger partial charge in [0, 0.05) is 15.5 Å². The van der Waals surface area contributed by atoms with Crippen LogP contribution >= 0.6 is 28.7 Å². The number of rotatable bonds is 3. The number of nitrogens with two attached hydrogens (primary N) is 1. The summed E-state index contributed by atoms with van der Waals surface area (Å²) in [5.74, 6) is -0.892. The molecule has 0 fully saturated rings. The van der Waals surface area contributed by atoms with Crippen molar-refractivity contribution in [1.82, 2.24) is 0 Å². The summed E-state index contributed by atoms with van der Waals surface area (Å²) in [6, 6.07) is 11.2. The van der Waals surface area contributed by atoms with E-state index in [-0.39, 0.29) is 28.3 Å². The van der Waals surface area contributed by atoms with Gasteiger partial charge in [0.2, 0.25) is 0 Å².